The average molecular weight is 404 g/mol. The van der Waals surface area contributed by atoms with Crippen LogP contribution in [0.15, 0.2) is 36.9 Å². The predicted molar refractivity (Wildman–Crippen MR) is 103 cm³/mol. The zero-order chi connectivity index (χ0) is 22.2. The van der Waals surface area contributed by atoms with Gasteiger partial charge >= 0.3 is 18.0 Å². The third-order valence-electron chi connectivity index (χ3n) is 3.94. The van der Waals surface area contributed by atoms with Crippen molar-refractivity contribution >= 4 is 29.8 Å². The van der Waals surface area contributed by atoms with E-state index in [1.165, 1.54) is 25.1 Å². The Hall–Kier alpha value is -3.49. The molecule has 0 atom stereocenters. The first-order valence-corrected chi connectivity index (χ1v) is 8.82. The van der Waals surface area contributed by atoms with Crippen molar-refractivity contribution in [2.45, 2.75) is 33.6 Å². The minimum Gasteiger partial charge on any atom is -0.478 e. The largest absolute Gasteiger partial charge is 0.478 e. The van der Waals surface area contributed by atoms with Crippen molar-refractivity contribution in [2.24, 2.45) is 11.3 Å². The molecule has 0 saturated carbocycles. The number of carbonyl (C=O) groups is 5. The van der Waals surface area contributed by atoms with Gasteiger partial charge in [-0.15, -0.1) is 6.58 Å². The minimum absolute atomic E-state index is 0.0160. The zero-order valence-electron chi connectivity index (χ0n) is 16.5. The van der Waals surface area contributed by atoms with Crippen molar-refractivity contribution in [2.75, 3.05) is 0 Å². The fraction of sp³-hybridized carbons (Fsp3) is 0.350. The molecule has 1 saturated heterocycles. The molecule has 0 spiro atoms. The number of benzene rings is 1. The maximum atomic E-state index is 11.8. The Morgan fingerprint density at radius 3 is 2.17 bits per heavy atom. The number of urea groups is 1. The van der Waals surface area contributed by atoms with Crippen LogP contribution >= 0.6 is 0 Å². The summed E-state index contributed by atoms with van der Waals surface area (Å²) in [6.45, 7) is 8.61. The molecule has 1 heterocycles. The molecule has 0 radical (unpaired) electrons. The van der Waals surface area contributed by atoms with Crippen LogP contribution in [0.2, 0.25) is 0 Å². The molecular weight excluding hydrogens is 380 g/mol. The third-order valence-corrected chi connectivity index (χ3v) is 3.94. The van der Waals surface area contributed by atoms with Gasteiger partial charge in [-0.05, 0) is 30.9 Å². The maximum absolute atomic E-state index is 11.8. The van der Waals surface area contributed by atoms with E-state index >= 15 is 0 Å². The summed E-state index contributed by atoms with van der Waals surface area (Å²) in [6.07, 6.45) is 2.15. The number of nitrogens with one attached hydrogen (secondary N) is 2. The molecule has 0 aromatic heterocycles. The molecule has 0 aliphatic carbocycles. The standard InChI is InChI=1S/C11H16N2O3.C9H8O4/c1-4-5-11(6-7(2)3)8(14)12-10(16)13-9(11)15;1-6(10)13-8-5-3-2-4-7(8)9(11)12/h4,7H,1,5-6H2,2-3H3,(H2,12,13,14,15,16);2-5H,1H3,(H,11,12). The van der Waals surface area contributed by atoms with Gasteiger partial charge in [-0.25, -0.2) is 9.59 Å². The normalized spacial score (nSPS) is 14.8. The highest BCUT2D eigenvalue weighted by Gasteiger charge is 2.49. The second-order valence-corrected chi connectivity index (χ2v) is 6.81. The maximum Gasteiger partial charge on any atom is 0.339 e. The predicted octanol–water partition coefficient (Wildman–Crippen LogP) is 2.27. The summed E-state index contributed by atoms with van der Waals surface area (Å²) in [5.74, 6) is -2.47. The molecule has 9 nitrogen and oxygen atoms in total. The lowest BCUT2D eigenvalue weighted by molar-refractivity contribution is -0.145. The number of carboxylic acids is 1. The Kier molecular flexibility index (Phi) is 8.25. The second kappa shape index (κ2) is 10.2. The van der Waals surface area contributed by atoms with Crippen LogP contribution in [0.25, 0.3) is 0 Å². The van der Waals surface area contributed by atoms with Crippen molar-refractivity contribution in [1.29, 1.82) is 0 Å². The molecule has 1 fully saturated rings. The number of amides is 4. The van der Waals surface area contributed by atoms with Crippen LogP contribution in [0.3, 0.4) is 0 Å². The molecule has 1 aromatic rings. The summed E-state index contributed by atoms with van der Waals surface area (Å²) in [5.41, 5.74) is -1.21. The number of aromatic carboxylic acids is 1. The van der Waals surface area contributed by atoms with Gasteiger partial charge in [0.2, 0.25) is 11.8 Å². The Bertz CT molecular complexity index is 810. The molecule has 1 aliphatic heterocycles. The molecule has 1 aromatic carbocycles. The van der Waals surface area contributed by atoms with Crippen molar-refractivity contribution in [1.82, 2.24) is 10.6 Å². The summed E-state index contributed by atoms with van der Waals surface area (Å²) >= 11 is 0. The lowest BCUT2D eigenvalue weighted by Crippen LogP contribution is -2.62. The Labute approximate surface area is 168 Å². The molecule has 0 bridgehead atoms. The summed E-state index contributed by atoms with van der Waals surface area (Å²) in [4.78, 5) is 55.8. The Morgan fingerprint density at radius 2 is 1.72 bits per heavy atom. The van der Waals surface area contributed by atoms with E-state index in [0.29, 0.717) is 6.42 Å². The summed E-state index contributed by atoms with van der Waals surface area (Å²) in [7, 11) is 0. The number of imide groups is 2. The number of barbiturate groups is 1. The summed E-state index contributed by atoms with van der Waals surface area (Å²) in [6, 6.07) is 5.23. The van der Waals surface area contributed by atoms with E-state index in [1.54, 1.807) is 12.1 Å². The first-order chi connectivity index (χ1) is 13.5. The van der Waals surface area contributed by atoms with E-state index in [2.05, 4.69) is 21.9 Å². The number of hydrogen-bond acceptors (Lipinski definition) is 6. The van der Waals surface area contributed by atoms with Crippen LogP contribution in [0.4, 0.5) is 4.79 Å². The number of ether oxygens (including phenoxy) is 1. The van der Waals surface area contributed by atoms with E-state index in [4.69, 9.17) is 5.11 Å². The highest BCUT2D eigenvalue weighted by molar-refractivity contribution is 6.19. The molecule has 9 heteroatoms. The lowest BCUT2D eigenvalue weighted by Gasteiger charge is -2.34. The van der Waals surface area contributed by atoms with Gasteiger partial charge in [-0.1, -0.05) is 32.1 Å². The highest BCUT2D eigenvalue weighted by Crippen LogP contribution is 2.33. The Morgan fingerprint density at radius 1 is 1.17 bits per heavy atom. The van der Waals surface area contributed by atoms with Crippen LogP contribution in [-0.2, 0) is 14.4 Å². The second-order valence-electron chi connectivity index (χ2n) is 6.81. The van der Waals surface area contributed by atoms with Crippen LogP contribution < -0.4 is 15.4 Å². The van der Waals surface area contributed by atoms with Gasteiger partial charge in [0.25, 0.3) is 0 Å². The summed E-state index contributed by atoms with van der Waals surface area (Å²) in [5, 5.41) is 13.0. The van der Waals surface area contributed by atoms with Gasteiger partial charge in [0.1, 0.15) is 16.7 Å². The molecule has 156 valence electrons. The molecule has 1 aliphatic rings. The number of para-hydroxylation sites is 1. The molecular formula is C20H24N2O7. The van der Waals surface area contributed by atoms with Crippen LogP contribution in [0.5, 0.6) is 5.75 Å². The average Bonchev–Trinajstić information content (AvgIpc) is 2.59. The van der Waals surface area contributed by atoms with E-state index in [0.717, 1.165) is 0 Å². The zero-order valence-corrected chi connectivity index (χ0v) is 16.5. The quantitative estimate of drug-likeness (QED) is 0.286. The third kappa shape index (κ3) is 6.27. The number of carboxylic acid groups (broad SMARTS) is 1. The first-order valence-electron chi connectivity index (χ1n) is 8.82. The molecule has 0 unspecified atom stereocenters. The summed E-state index contributed by atoms with van der Waals surface area (Å²) < 4.78 is 4.69. The molecule has 29 heavy (non-hydrogen) atoms. The molecule has 2 rings (SSSR count). The van der Waals surface area contributed by atoms with E-state index in [1.807, 2.05) is 13.8 Å². The highest BCUT2D eigenvalue weighted by atomic mass is 16.5. The topological polar surface area (TPSA) is 139 Å². The van der Waals surface area contributed by atoms with Gasteiger partial charge in [0.05, 0.1) is 0 Å². The van der Waals surface area contributed by atoms with Gasteiger partial charge in [0.15, 0.2) is 0 Å². The number of rotatable bonds is 6. The molecule has 3 N–H and O–H groups in total. The number of carbonyl (C=O) groups excluding carboxylic acids is 4. The van der Waals surface area contributed by atoms with E-state index in [-0.39, 0.29) is 23.7 Å². The number of hydrogen-bond donors (Lipinski definition) is 3. The molecule has 4 amide bonds. The van der Waals surface area contributed by atoms with Crippen LogP contribution in [-0.4, -0.2) is 34.9 Å². The monoisotopic (exact) mass is 404 g/mol. The Balaban J connectivity index is 0.000000296. The van der Waals surface area contributed by atoms with Crippen molar-refractivity contribution < 1.29 is 33.8 Å². The van der Waals surface area contributed by atoms with Crippen molar-refractivity contribution in [3.63, 3.8) is 0 Å². The van der Waals surface area contributed by atoms with Gasteiger partial charge in [-0.2, -0.15) is 0 Å². The number of esters is 1. The number of allylic oxidation sites excluding steroid dienone is 1. The SMILES string of the molecule is C=CCC1(CC(C)C)C(=O)NC(=O)NC1=O.CC(=O)Oc1ccccc1C(=O)O. The lowest BCUT2D eigenvalue weighted by atomic mass is 9.74. The van der Waals surface area contributed by atoms with Crippen LogP contribution in [0, 0.1) is 11.3 Å². The van der Waals surface area contributed by atoms with Gasteiger partial charge in [0, 0.05) is 6.92 Å². The van der Waals surface area contributed by atoms with Crippen molar-refractivity contribution in [3.05, 3.63) is 42.5 Å². The van der Waals surface area contributed by atoms with Crippen LogP contribution in [0.1, 0.15) is 44.0 Å². The van der Waals surface area contributed by atoms with E-state index < -0.39 is 35.2 Å². The fourth-order valence-corrected chi connectivity index (χ4v) is 2.86. The van der Waals surface area contributed by atoms with Gasteiger partial charge < -0.3 is 9.84 Å². The fourth-order valence-electron chi connectivity index (χ4n) is 2.86. The van der Waals surface area contributed by atoms with E-state index in [9.17, 15) is 24.0 Å². The van der Waals surface area contributed by atoms with Crippen molar-refractivity contribution in [3.8, 4) is 5.75 Å². The smallest absolute Gasteiger partial charge is 0.339 e. The minimum atomic E-state index is -1.19. The first kappa shape index (κ1) is 23.5. The van der Waals surface area contributed by atoms with Gasteiger partial charge in [-0.3, -0.25) is 25.0 Å².